The Morgan fingerprint density at radius 2 is 1.28 bits per heavy atom. The van der Waals surface area contributed by atoms with Crippen molar-refractivity contribution >= 4 is 17.7 Å². The van der Waals surface area contributed by atoms with E-state index in [-0.39, 0.29) is 55.6 Å². The summed E-state index contributed by atoms with van der Waals surface area (Å²) in [7, 11) is 0. The molecule has 1 fully saturated rings. The molecule has 0 saturated heterocycles. The first kappa shape index (κ1) is 43.3. The predicted octanol–water partition coefficient (Wildman–Crippen LogP) is 8.32. The molecular formula is C39H70O8. The Balaban J connectivity index is 2.10. The zero-order chi connectivity index (χ0) is 34.5. The third kappa shape index (κ3) is 22.5. The fourth-order valence-corrected chi connectivity index (χ4v) is 6.45. The Morgan fingerprint density at radius 1 is 0.766 bits per heavy atom. The second-order valence-electron chi connectivity index (χ2n) is 13.8. The van der Waals surface area contributed by atoms with Gasteiger partial charge in [-0.15, -0.1) is 0 Å². The smallest absolute Gasteiger partial charge is 0.306 e. The molecule has 3 N–H and O–H groups in total. The van der Waals surface area contributed by atoms with E-state index in [1.807, 2.05) is 6.08 Å². The molecule has 0 unspecified atom stereocenters. The molecule has 1 saturated carbocycles. The van der Waals surface area contributed by atoms with E-state index >= 15 is 0 Å². The third-order valence-corrected chi connectivity index (χ3v) is 9.45. The van der Waals surface area contributed by atoms with Gasteiger partial charge in [0.2, 0.25) is 0 Å². The molecule has 0 aromatic heterocycles. The predicted molar refractivity (Wildman–Crippen MR) is 188 cm³/mol. The number of carbonyl (C=O) groups excluding carboxylic acids is 3. The van der Waals surface area contributed by atoms with Crippen LogP contribution in [0, 0.1) is 11.8 Å². The molecule has 0 bridgehead atoms. The lowest BCUT2D eigenvalue weighted by Crippen LogP contribution is -2.28. The number of ketones is 1. The maximum absolute atomic E-state index is 12.5. The Kier molecular flexibility index (Phi) is 26.8. The van der Waals surface area contributed by atoms with E-state index < -0.39 is 18.3 Å². The van der Waals surface area contributed by atoms with Crippen LogP contribution in [0.15, 0.2) is 12.2 Å². The highest BCUT2D eigenvalue weighted by atomic mass is 16.6. The monoisotopic (exact) mass is 667 g/mol. The quantitative estimate of drug-likeness (QED) is 0.0383. The highest BCUT2D eigenvalue weighted by Crippen LogP contribution is 2.34. The van der Waals surface area contributed by atoms with Gasteiger partial charge >= 0.3 is 11.9 Å². The molecule has 1 aliphatic rings. The Labute approximate surface area is 286 Å². The van der Waals surface area contributed by atoms with Crippen LogP contribution in [0.4, 0.5) is 0 Å². The van der Waals surface area contributed by atoms with Crippen LogP contribution >= 0.6 is 0 Å². The van der Waals surface area contributed by atoms with Gasteiger partial charge in [0.05, 0.1) is 18.8 Å². The summed E-state index contributed by atoms with van der Waals surface area (Å²) in [5.41, 5.74) is 0. The molecule has 0 aromatic rings. The molecule has 0 aromatic carbocycles. The van der Waals surface area contributed by atoms with E-state index in [9.17, 15) is 29.7 Å². The number of rotatable bonds is 31. The molecule has 8 heteroatoms. The highest BCUT2D eigenvalue weighted by Gasteiger charge is 2.39. The minimum absolute atomic E-state index is 0.0830. The van der Waals surface area contributed by atoms with Gasteiger partial charge in [-0.3, -0.25) is 14.4 Å². The second-order valence-corrected chi connectivity index (χ2v) is 13.8. The molecule has 0 radical (unpaired) electrons. The lowest BCUT2D eigenvalue weighted by atomic mass is 9.88. The maximum Gasteiger partial charge on any atom is 0.306 e. The normalized spacial score (nSPS) is 19.3. The number of unbranched alkanes of at least 4 members (excludes halogenated alkanes) is 17. The van der Waals surface area contributed by atoms with Crippen molar-refractivity contribution < 1.29 is 39.2 Å². The number of carbonyl (C=O) groups is 3. The van der Waals surface area contributed by atoms with Crippen molar-refractivity contribution in [2.75, 3.05) is 13.2 Å². The van der Waals surface area contributed by atoms with E-state index in [0.717, 1.165) is 57.8 Å². The van der Waals surface area contributed by atoms with Crippen molar-refractivity contribution in [3.8, 4) is 0 Å². The van der Waals surface area contributed by atoms with E-state index in [0.29, 0.717) is 25.7 Å². The molecule has 1 rings (SSSR count). The summed E-state index contributed by atoms with van der Waals surface area (Å²) < 4.78 is 10.6. The highest BCUT2D eigenvalue weighted by molar-refractivity contribution is 5.84. The Morgan fingerprint density at radius 3 is 1.85 bits per heavy atom. The molecule has 0 aliphatic heterocycles. The van der Waals surface area contributed by atoms with Gasteiger partial charge in [0.1, 0.15) is 12.4 Å². The molecule has 0 spiro atoms. The molecule has 5 atom stereocenters. The van der Waals surface area contributed by atoms with E-state index in [1.165, 1.54) is 64.2 Å². The number of Topliss-reactive ketones (excluding diaryl/α,β-unsaturated/α-hetero) is 1. The zero-order valence-electron chi connectivity index (χ0n) is 30.0. The van der Waals surface area contributed by atoms with Crippen LogP contribution < -0.4 is 0 Å². The summed E-state index contributed by atoms with van der Waals surface area (Å²) in [6.07, 6.45) is 25.9. The maximum atomic E-state index is 12.5. The average Bonchev–Trinajstić information content (AvgIpc) is 3.32. The molecule has 1 aliphatic carbocycles. The van der Waals surface area contributed by atoms with Crippen LogP contribution in [0.1, 0.15) is 174 Å². The third-order valence-electron chi connectivity index (χ3n) is 9.45. The number of aliphatic hydroxyl groups excluding tert-OH is 3. The van der Waals surface area contributed by atoms with Crippen LogP contribution in [0.3, 0.4) is 0 Å². The SMILES string of the molecule is CCCCCCCCCCCCCCCC(=O)O[C@@H](CO)COC(=O)CCCCCC[C@H]1C(=O)C[C@@H](O)[C@@H]1/C=C/[C@@H](O)CCCCC. The number of ether oxygens (including phenoxy) is 2. The summed E-state index contributed by atoms with van der Waals surface area (Å²) in [4.78, 5) is 36.8. The van der Waals surface area contributed by atoms with Crippen LogP contribution in [0.2, 0.25) is 0 Å². The van der Waals surface area contributed by atoms with Gasteiger partial charge in [0.25, 0.3) is 0 Å². The van der Waals surface area contributed by atoms with Gasteiger partial charge in [-0.05, 0) is 25.7 Å². The van der Waals surface area contributed by atoms with Crippen LogP contribution in [0.5, 0.6) is 0 Å². The van der Waals surface area contributed by atoms with Crippen molar-refractivity contribution in [2.24, 2.45) is 11.8 Å². The summed E-state index contributed by atoms with van der Waals surface area (Å²) in [5.74, 6) is -1.14. The largest absolute Gasteiger partial charge is 0.462 e. The summed E-state index contributed by atoms with van der Waals surface area (Å²) >= 11 is 0. The lowest BCUT2D eigenvalue weighted by molar-refractivity contribution is -0.161. The van der Waals surface area contributed by atoms with E-state index in [2.05, 4.69) is 13.8 Å². The summed E-state index contributed by atoms with van der Waals surface area (Å²) in [5, 5.41) is 30.1. The fourth-order valence-electron chi connectivity index (χ4n) is 6.45. The molecule has 274 valence electrons. The fraction of sp³-hybridized carbons (Fsp3) is 0.872. The van der Waals surface area contributed by atoms with Crippen molar-refractivity contribution in [2.45, 2.75) is 193 Å². The van der Waals surface area contributed by atoms with Gasteiger partial charge in [-0.25, -0.2) is 0 Å². The molecule has 8 nitrogen and oxygen atoms in total. The van der Waals surface area contributed by atoms with Crippen LogP contribution in [0.25, 0.3) is 0 Å². The van der Waals surface area contributed by atoms with Crippen LogP contribution in [-0.4, -0.2) is 64.6 Å². The van der Waals surface area contributed by atoms with Gasteiger partial charge in [0, 0.05) is 31.1 Å². The number of esters is 2. The summed E-state index contributed by atoms with van der Waals surface area (Å²) in [6.45, 7) is 3.83. The topological polar surface area (TPSA) is 130 Å². The molecule has 0 amide bonds. The number of hydrogen-bond acceptors (Lipinski definition) is 8. The standard InChI is InChI=1S/C39H70O8/c1-3-5-7-8-9-10-11-12-13-14-15-16-22-26-39(45)47-33(30-40)31-46-38(44)25-21-18-17-20-24-34-35(37(43)29-36(34)42)28-27-32(41)23-19-6-4-2/h27-28,32-35,37,40-41,43H,3-26,29-31H2,1-2H3/b28-27+/t32-,33-,34+,35+,37+/m0/s1. The van der Waals surface area contributed by atoms with Gasteiger partial charge in [0.15, 0.2) is 6.10 Å². The first-order valence-corrected chi connectivity index (χ1v) is 19.3. The first-order chi connectivity index (χ1) is 22.8. The lowest BCUT2D eigenvalue weighted by Gasteiger charge is -2.18. The minimum atomic E-state index is -0.841. The van der Waals surface area contributed by atoms with Crippen molar-refractivity contribution in [3.05, 3.63) is 12.2 Å². The molecule has 47 heavy (non-hydrogen) atoms. The van der Waals surface area contributed by atoms with Crippen molar-refractivity contribution in [3.63, 3.8) is 0 Å². The first-order valence-electron chi connectivity index (χ1n) is 19.3. The molecule has 0 heterocycles. The Hall–Kier alpha value is -1.77. The summed E-state index contributed by atoms with van der Waals surface area (Å²) in [6, 6.07) is 0. The number of hydrogen-bond donors (Lipinski definition) is 3. The van der Waals surface area contributed by atoms with Crippen molar-refractivity contribution in [1.29, 1.82) is 0 Å². The van der Waals surface area contributed by atoms with Gasteiger partial charge in [-0.2, -0.15) is 0 Å². The second kappa shape index (κ2) is 29.2. The van der Waals surface area contributed by atoms with Gasteiger partial charge < -0.3 is 24.8 Å². The van der Waals surface area contributed by atoms with Crippen molar-refractivity contribution in [1.82, 2.24) is 0 Å². The Bertz CT molecular complexity index is 828. The van der Waals surface area contributed by atoms with Gasteiger partial charge in [-0.1, -0.05) is 142 Å². The van der Waals surface area contributed by atoms with E-state index in [4.69, 9.17) is 9.47 Å². The zero-order valence-corrected chi connectivity index (χ0v) is 30.0. The average molecular weight is 667 g/mol. The molecular weight excluding hydrogens is 596 g/mol. The number of aliphatic hydroxyl groups is 3. The van der Waals surface area contributed by atoms with Crippen LogP contribution in [-0.2, 0) is 23.9 Å². The minimum Gasteiger partial charge on any atom is -0.462 e. The van der Waals surface area contributed by atoms with E-state index in [1.54, 1.807) is 6.08 Å².